The molecule has 1 N–H and O–H groups in total. The SMILES string of the molecule is CN(CC(O)C1CC1)C(=O)C=Cc1cc(Br)ccc1F. The zero-order chi connectivity index (χ0) is 14.7. The molecular weight excluding hydrogens is 325 g/mol. The van der Waals surface area contributed by atoms with Crippen LogP contribution >= 0.6 is 15.9 Å². The molecule has 1 atom stereocenters. The second kappa shape index (κ2) is 6.50. The first-order valence-corrected chi connectivity index (χ1v) is 7.33. The summed E-state index contributed by atoms with van der Waals surface area (Å²) in [6.45, 7) is 0.314. The van der Waals surface area contributed by atoms with Gasteiger partial charge in [-0.25, -0.2) is 4.39 Å². The predicted molar refractivity (Wildman–Crippen MR) is 79.5 cm³/mol. The van der Waals surface area contributed by atoms with Gasteiger partial charge in [0.05, 0.1) is 6.10 Å². The minimum Gasteiger partial charge on any atom is -0.391 e. The van der Waals surface area contributed by atoms with Gasteiger partial charge in [-0.1, -0.05) is 15.9 Å². The number of aliphatic hydroxyl groups is 1. The molecule has 0 bridgehead atoms. The Balaban J connectivity index is 1.95. The zero-order valence-electron chi connectivity index (χ0n) is 11.2. The third-order valence-corrected chi connectivity index (χ3v) is 3.86. The molecule has 0 aliphatic heterocycles. The van der Waals surface area contributed by atoms with Crippen molar-refractivity contribution in [3.8, 4) is 0 Å². The van der Waals surface area contributed by atoms with E-state index in [2.05, 4.69) is 15.9 Å². The molecule has 1 saturated carbocycles. The number of rotatable bonds is 5. The topological polar surface area (TPSA) is 40.5 Å². The lowest BCUT2D eigenvalue weighted by molar-refractivity contribution is -0.126. The molecule has 3 nitrogen and oxygen atoms in total. The van der Waals surface area contributed by atoms with Gasteiger partial charge in [-0.3, -0.25) is 4.79 Å². The van der Waals surface area contributed by atoms with Crippen molar-refractivity contribution in [1.29, 1.82) is 0 Å². The van der Waals surface area contributed by atoms with Gasteiger partial charge in [-0.15, -0.1) is 0 Å². The zero-order valence-corrected chi connectivity index (χ0v) is 12.8. The van der Waals surface area contributed by atoms with Crippen LogP contribution in [0.5, 0.6) is 0 Å². The van der Waals surface area contributed by atoms with Crippen LogP contribution in [0.1, 0.15) is 18.4 Å². The molecule has 1 aromatic rings. The first-order chi connectivity index (χ1) is 9.47. The van der Waals surface area contributed by atoms with Crippen molar-refractivity contribution in [2.75, 3.05) is 13.6 Å². The Labute approximate surface area is 126 Å². The molecule has 1 aliphatic rings. The Morgan fingerprint density at radius 1 is 1.60 bits per heavy atom. The van der Waals surface area contributed by atoms with Crippen molar-refractivity contribution < 1.29 is 14.3 Å². The Morgan fingerprint density at radius 3 is 2.95 bits per heavy atom. The Kier molecular flexibility index (Phi) is 4.94. The van der Waals surface area contributed by atoms with Gasteiger partial charge in [-0.05, 0) is 43.0 Å². The summed E-state index contributed by atoms with van der Waals surface area (Å²) in [5, 5.41) is 9.79. The third-order valence-electron chi connectivity index (χ3n) is 3.37. The monoisotopic (exact) mass is 341 g/mol. The van der Waals surface area contributed by atoms with Crippen LogP contribution in [0.25, 0.3) is 6.08 Å². The number of benzene rings is 1. The first-order valence-electron chi connectivity index (χ1n) is 6.53. The van der Waals surface area contributed by atoms with Gasteiger partial charge >= 0.3 is 0 Å². The van der Waals surface area contributed by atoms with E-state index in [1.807, 2.05) is 0 Å². The highest BCUT2D eigenvalue weighted by molar-refractivity contribution is 9.10. The minimum atomic E-state index is -0.458. The number of halogens is 2. The van der Waals surface area contributed by atoms with E-state index in [1.165, 1.54) is 23.1 Å². The number of hydrogen-bond donors (Lipinski definition) is 1. The van der Waals surface area contributed by atoms with Crippen LogP contribution in [-0.2, 0) is 4.79 Å². The lowest BCUT2D eigenvalue weighted by Crippen LogP contribution is -2.34. The molecule has 0 aromatic heterocycles. The molecule has 1 aromatic carbocycles. The summed E-state index contributed by atoms with van der Waals surface area (Å²) in [6.07, 6.45) is 4.37. The standard InChI is InChI=1S/C15H17BrFNO2/c1-18(9-14(19)10-2-3-10)15(20)7-4-11-8-12(16)5-6-13(11)17/h4-8,10,14,19H,2-3,9H2,1H3. The Morgan fingerprint density at radius 2 is 2.30 bits per heavy atom. The second-order valence-corrected chi connectivity index (χ2v) is 6.04. The van der Waals surface area contributed by atoms with Gasteiger partial charge in [0.2, 0.25) is 5.91 Å². The van der Waals surface area contributed by atoms with Crippen molar-refractivity contribution in [3.05, 3.63) is 40.1 Å². The van der Waals surface area contributed by atoms with E-state index >= 15 is 0 Å². The van der Waals surface area contributed by atoms with Gasteiger partial charge in [0.1, 0.15) is 5.82 Å². The van der Waals surface area contributed by atoms with Crippen LogP contribution in [0.15, 0.2) is 28.7 Å². The summed E-state index contributed by atoms with van der Waals surface area (Å²) >= 11 is 3.26. The van der Waals surface area contributed by atoms with Gasteiger partial charge < -0.3 is 10.0 Å². The van der Waals surface area contributed by atoms with E-state index in [0.717, 1.165) is 17.3 Å². The molecular formula is C15H17BrFNO2. The van der Waals surface area contributed by atoms with E-state index in [1.54, 1.807) is 19.2 Å². The van der Waals surface area contributed by atoms with Gasteiger partial charge in [-0.2, -0.15) is 0 Å². The molecule has 5 heteroatoms. The molecule has 20 heavy (non-hydrogen) atoms. The maximum atomic E-state index is 13.5. The number of carbonyl (C=O) groups is 1. The third kappa shape index (κ3) is 4.15. The summed E-state index contributed by atoms with van der Waals surface area (Å²) in [4.78, 5) is 13.3. The maximum absolute atomic E-state index is 13.5. The predicted octanol–water partition coefficient (Wildman–Crippen LogP) is 2.83. The Hall–Kier alpha value is -1.20. The second-order valence-electron chi connectivity index (χ2n) is 5.12. The lowest BCUT2D eigenvalue weighted by atomic mass is 10.2. The van der Waals surface area contributed by atoms with Crippen LogP contribution in [0.3, 0.4) is 0 Å². The van der Waals surface area contributed by atoms with Crippen LogP contribution in [0.2, 0.25) is 0 Å². The number of nitrogens with zero attached hydrogens (tertiary/aromatic N) is 1. The van der Waals surface area contributed by atoms with Crippen molar-refractivity contribution in [2.24, 2.45) is 5.92 Å². The van der Waals surface area contributed by atoms with Crippen molar-refractivity contribution in [2.45, 2.75) is 18.9 Å². The maximum Gasteiger partial charge on any atom is 0.246 e. The van der Waals surface area contributed by atoms with E-state index in [-0.39, 0.29) is 11.7 Å². The first kappa shape index (κ1) is 15.2. The average molecular weight is 342 g/mol. The summed E-state index contributed by atoms with van der Waals surface area (Å²) in [5.74, 6) is -0.293. The molecule has 0 radical (unpaired) electrons. The molecule has 0 saturated heterocycles. The summed E-state index contributed by atoms with van der Waals surface area (Å²) in [7, 11) is 1.63. The van der Waals surface area contributed by atoms with E-state index < -0.39 is 6.10 Å². The number of hydrogen-bond acceptors (Lipinski definition) is 2. The van der Waals surface area contributed by atoms with Gasteiger partial charge in [0, 0.05) is 29.7 Å². The lowest BCUT2D eigenvalue weighted by Gasteiger charge is -2.19. The molecule has 1 fully saturated rings. The fraction of sp³-hybridized carbons (Fsp3) is 0.400. The fourth-order valence-electron chi connectivity index (χ4n) is 1.93. The molecule has 0 heterocycles. The van der Waals surface area contributed by atoms with Crippen molar-refractivity contribution >= 4 is 27.9 Å². The normalized spacial score (nSPS) is 16.4. The quantitative estimate of drug-likeness (QED) is 0.836. The van der Waals surface area contributed by atoms with Crippen LogP contribution in [0.4, 0.5) is 4.39 Å². The molecule has 1 unspecified atom stereocenters. The number of amides is 1. The highest BCUT2D eigenvalue weighted by atomic mass is 79.9. The largest absolute Gasteiger partial charge is 0.391 e. The van der Waals surface area contributed by atoms with Crippen LogP contribution in [0, 0.1) is 11.7 Å². The number of aliphatic hydroxyl groups excluding tert-OH is 1. The minimum absolute atomic E-state index is 0.246. The van der Waals surface area contributed by atoms with Crippen molar-refractivity contribution in [3.63, 3.8) is 0 Å². The van der Waals surface area contributed by atoms with Crippen LogP contribution < -0.4 is 0 Å². The van der Waals surface area contributed by atoms with E-state index in [9.17, 15) is 14.3 Å². The molecule has 1 amide bonds. The molecule has 1 aliphatic carbocycles. The van der Waals surface area contributed by atoms with Gasteiger partial charge in [0.15, 0.2) is 0 Å². The number of carbonyl (C=O) groups excluding carboxylic acids is 1. The average Bonchev–Trinajstić information content (AvgIpc) is 3.23. The summed E-state index contributed by atoms with van der Waals surface area (Å²) in [6, 6.07) is 4.56. The van der Waals surface area contributed by atoms with E-state index in [4.69, 9.17) is 0 Å². The van der Waals surface area contributed by atoms with Gasteiger partial charge in [0.25, 0.3) is 0 Å². The smallest absolute Gasteiger partial charge is 0.246 e. The van der Waals surface area contributed by atoms with Crippen molar-refractivity contribution in [1.82, 2.24) is 4.90 Å². The fourth-order valence-corrected chi connectivity index (χ4v) is 2.31. The Bertz CT molecular complexity index is 529. The van der Waals surface area contributed by atoms with Crippen LogP contribution in [-0.4, -0.2) is 35.6 Å². The van der Waals surface area contributed by atoms with E-state index in [0.29, 0.717) is 18.0 Å². The molecule has 0 spiro atoms. The highest BCUT2D eigenvalue weighted by Gasteiger charge is 2.30. The summed E-state index contributed by atoms with van der Waals surface area (Å²) in [5.41, 5.74) is 0.351. The molecule has 2 rings (SSSR count). The summed E-state index contributed by atoms with van der Waals surface area (Å²) < 4.78 is 14.3. The molecule has 108 valence electrons. The highest BCUT2D eigenvalue weighted by Crippen LogP contribution is 2.32. The number of likely N-dealkylation sites (N-methyl/N-ethyl adjacent to an activating group) is 1.